The van der Waals surface area contributed by atoms with E-state index in [2.05, 4.69) is 0 Å². The van der Waals surface area contributed by atoms with E-state index >= 15 is 0 Å². The lowest BCUT2D eigenvalue weighted by molar-refractivity contribution is 0.414. The standard InChI is InChI=1S/C21H19Cl2NO3S/c1-24(28(25,26)19-13-12-18(27-2)20(22)21(19)23)14-16-10-6-7-11-17(16)15-8-4-3-5-9-15/h3-13H,14H2,1-2H3. The Kier molecular flexibility index (Phi) is 6.30. The second kappa shape index (κ2) is 8.53. The maximum absolute atomic E-state index is 13.1. The van der Waals surface area contributed by atoms with Crippen LogP contribution < -0.4 is 4.74 Å². The maximum atomic E-state index is 13.1. The smallest absolute Gasteiger partial charge is 0.244 e. The number of rotatable bonds is 6. The molecule has 0 aliphatic rings. The third kappa shape index (κ3) is 4.03. The topological polar surface area (TPSA) is 46.6 Å². The first-order valence-corrected chi connectivity index (χ1v) is 10.7. The van der Waals surface area contributed by atoms with E-state index in [0.717, 1.165) is 16.7 Å². The number of ether oxygens (including phenoxy) is 1. The lowest BCUT2D eigenvalue weighted by Gasteiger charge is -2.20. The van der Waals surface area contributed by atoms with Crippen LogP contribution in [-0.4, -0.2) is 26.9 Å². The minimum absolute atomic E-state index is 0.0517. The van der Waals surface area contributed by atoms with E-state index in [0.29, 0.717) is 5.75 Å². The third-order valence-corrected chi connectivity index (χ3v) is 7.24. The minimum Gasteiger partial charge on any atom is -0.495 e. The van der Waals surface area contributed by atoms with Crippen LogP contribution in [0.3, 0.4) is 0 Å². The molecule has 0 unspecified atom stereocenters. The van der Waals surface area contributed by atoms with Gasteiger partial charge in [-0.2, -0.15) is 4.31 Å². The zero-order valence-electron chi connectivity index (χ0n) is 15.4. The molecule has 0 fully saturated rings. The summed E-state index contributed by atoms with van der Waals surface area (Å²) in [7, 11) is -0.891. The Morgan fingerprint density at radius 3 is 2.21 bits per heavy atom. The van der Waals surface area contributed by atoms with Gasteiger partial charge in [0.1, 0.15) is 15.7 Å². The van der Waals surface area contributed by atoms with Crippen molar-refractivity contribution in [2.45, 2.75) is 11.4 Å². The average Bonchev–Trinajstić information content (AvgIpc) is 2.71. The van der Waals surface area contributed by atoms with Crippen LogP contribution in [0.5, 0.6) is 5.75 Å². The minimum atomic E-state index is -3.85. The van der Waals surface area contributed by atoms with Crippen molar-refractivity contribution in [3.63, 3.8) is 0 Å². The van der Waals surface area contributed by atoms with Crippen molar-refractivity contribution in [1.82, 2.24) is 4.31 Å². The van der Waals surface area contributed by atoms with Crippen molar-refractivity contribution in [2.75, 3.05) is 14.2 Å². The number of nitrogens with zero attached hydrogens (tertiary/aromatic N) is 1. The Bertz CT molecular complexity index is 1090. The SMILES string of the molecule is COc1ccc(S(=O)(=O)N(C)Cc2ccccc2-c2ccccc2)c(Cl)c1Cl. The van der Waals surface area contributed by atoms with Gasteiger partial charge in [0.25, 0.3) is 0 Å². The molecule has 28 heavy (non-hydrogen) atoms. The summed E-state index contributed by atoms with van der Waals surface area (Å²) in [6.45, 7) is 0.188. The average molecular weight is 436 g/mol. The molecule has 7 heteroatoms. The molecule has 0 radical (unpaired) electrons. The lowest BCUT2D eigenvalue weighted by atomic mass is 10.00. The Labute approximate surface area is 175 Å². The molecule has 0 aliphatic heterocycles. The van der Waals surface area contributed by atoms with Crippen LogP contribution in [0.1, 0.15) is 5.56 Å². The van der Waals surface area contributed by atoms with Gasteiger partial charge in [-0.1, -0.05) is 77.8 Å². The molecule has 0 saturated carbocycles. The van der Waals surface area contributed by atoms with Crippen LogP contribution in [0, 0.1) is 0 Å². The molecule has 0 aromatic heterocycles. The van der Waals surface area contributed by atoms with Crippen molar-refractivity contribution >= 4 is 33.2 Å². The number of benzene rings is 3. The zero-order valence-corrected chi connectivity index (χ0v) is 17.7. The van der Waals surface area contributed by atoms with Gasteiger partial charge in [-0.05, 0) is 28.8 Å². The van der Waals surface area contributed by atoms with E-state index in [9.17, 15) is 8.42 Å². The van der Waals surface area contributed by atoms with E-state index in [4.69, 9.17) is 27.9 Å². The summed E-state index contributed by atoms with van der Waals surface area (Å²) in [4.78, 5) is -0.0559. The molecule has 3 aromatic carbocycles. The number of sulfonamides is 1. The number of methoxy groups -OCH3 is 1. The van der Waals surface area contributed by atoms with Crippen LogP contribution >= 0.6 is 23.2 Å². The highest BCUT2D eigenvalue weighted by molar-refractivity contribution is 7.89. The summed E-state index contributed by atoms with van der Waals surface area (Å²) in [5, 5.41) is 0.0209. The van der Waals surface area contributed by atoms with Crippen LogP contribution in [0.4, 0.5) is 0 Å². The maximum Gasteiger partial charge on any atom is 0.244 e. The summed E-state index contributed by atoms with van der Waals surface area (Å²) in [6, 6.07) is 20.4. The van der Waals surface area contributed by atoms with Gasteiger partial charge in [0.2, 0.25) is 10.0 Å². The summed E-state index contributed by atoms with van der Waals surface area (Å²) < 4.78 is 32.6. The zero-order chi connectivity index (χ0) is 20.3. The van der Waals surface area contributed by atoms with Gasteiger partial charge in [-0.15, -0.1) is 0 Å². The number of hydrogen-bond donors (Lipinski definition) is 0. The van der Waals surface area contributed by atoms with Crippen molar-refractivity contribution in [1.29, 1.82) is 0 Å². The first-order chi connectivity index (χ1) is 13.4. The van der Waals surface area contributed by atoms with Gasteiger partial charge in [0, 0.05) is 13.6 Å². The van der Waals surface area contributed by atoms with E-state index in [1.807, 2.05) is 54.6 Å². The second-order valence-corrected chi connectivity index (χ2v) is 8.95. The molecule has 0 bridgehead atoms. The fourth-order valence-electron chi connectivity index (χ4n) is 2.92. The lowest BCUT2D eigenvalue weighted by Crippen LogP contribution is -2.27. The van der Waals surface area contributed by atoms with Gasteiger partial charge >= 0.3 is 0 Å². The molecule has 3 rings (SSSR count). The second-order valence-electron chi connectivity index (χ2n) is 6.18. The third-order valence-electron chi connectivity index (χ3n) is 4.41. The largest absolute Gasteiger partial charge is 0.495 e. The van der Waals surface area contributed by atoms with E-state index in [-0.39, 0.29) is 21.5 Å². The fourth-order valence-corrected chi connectivity index (χ4v) is 4.88. The molecule has 0 aliphatic carbocycles. The van der Waals surface area contributed by atoms with Crippen LogP contribution in [-0.2, 0) is 16.6 Å². The molecule has 0 heterocycles. The molecule has 0 saturated heterocycles. The molecule has 0 spiro atoms. The predicted octanol–water partition coefficient (Wildman–Crippen LogP) is 5.49. The summed E-state index contributed by atoms with van der Waals surface area (Å²) in [5.41, 5.74) is 2.88. The molecule has 146 valence electrons. The fraction of sp³-hybridized carbons (Fsp3) is 0.143. The van der Waals surface area contributed by atoms with Crippen molar-refractivity contribution in [2.24, 2.45) is 0 Å². The molecule has 3 aromatic rings. The summed E-state index contributed by atoms with van der Waals surface area (Å²) >= 11 is 12.4. The Morgan fingerprint density at radius 2 is 1.54 bits per heavy atom. The molecule has 0 atom stereocenters. The normalized spacial score (nSPS) is 11.6. The van der Waals surface area contributed by atoms with E-state index in [1.165, 1.54) is 30.6 Å². The molecule has 4 nitrogen and oxygen atoms in total. The first-order valence-electron chi connectivity index (χ1n) is 8.48. The highest BCUT2D eigenvalue weighted by Crippen LogP contribution is 2.38. The molecule has 0 amide bonds. The Morgan fingerprint density at radius 1 is 0.893 bits per heavy atom. The summed E-state index contributed by atoms with van der Waals surface area (Å²) in [5.74, 6) is 0.322. The molecule has 0 N–H and O–H groups in total. The van der Waals surface area contributed by atoms with E-state index in [1.54, 1.807) is 0 Å². The van der Waals surface area contributed by atoms with Crippen molar-refractivity contribution < 1.29 is 13.2 Å². The highest BCUT2D eigenvalue weighted by Gasteiger charge is 2.26. The Balaban J connectivity index is 1.96. The van der Waals surface area contributed by atoms with E-state index < -0.39 is 10.0 Å². The van der Waals surface area contributed by atoms with Crippen LogP contribution in [0.2, 0.25) is 10.0 Å². The monoisotopic (exact) mass is 435 g/mol. The molecular formula is C21H19Cl2NO3S. The van der Waals surface area contributed by atoms with Gasteiger partial charge in [0.15, 0.2) is 0 Å². The van der Waals surface area contributed by atoms with Crippen LogP contribution in [0.25, 0.3) is 11.1 Å². The van der Waals surface area contributed by atoms with Gasteiger partial charge in [-0.25, -0.2) is 8.42 Å². The quantitative estimate of drug-likeness (QED) is 0.514. The van der Waals surface area contributed by atoms with Gasteiger partial charge in [0.05, 0.1) is 12.1 Å². The first kappa shape index (κ1) is 20.7. The number of halogens is 2. The van der Waals surface area contributed by atoms with Crippen LogP contribution in [0.15, 0.2) is 71.6 Å². The predicted molar refractivity (Wildman–Crippen MR) is 114 cm³/mol. The van der Waals surface area contributed by atoms with Crippen molar-refractivity contribution in [3.05, 3.63) is 82.3 Å². The Hall–Kier alpha value is -2.05. The highest BCUT2D eigenvalue weighted by atomic mass is 35.5. The van der Waals surface area contributed by atoms with Crippen molar-refractivity contribution in [3.8, 4) is 16.9 Å². The van der Waals surface area contributed by atoms with Gasteiger partial charge < -0.3 is 4.74 Å². The van der Waals surface area contributed by atoms with Gasteiger partial charge in [-0.3, -0.25) is 0 Å². The molecular weight excluding hydrogens is 417 g/mol. The summed E-state index contributed by atoms with van der Waals surface area (Å²) in [6.07, 6.45) is 0. The number of hydrogen-bond acceptors (Lipinski definition) is 3.